The molecule has 24 heavy (non-hydrogen) atoms. The molecule has 1 N–H and O–H groups in total. The number of esters is 1. The molecule has 0 saturated carbocycles. The molecule has 2 rings (SSSR count). The molecule has 0 aliphatic rings. The van der Waals surface area contributed by atoms with E-state index in [1.165, 1.54) is 18.2 Å². The highest BCUT2D eigenvalue weighted by atomic mass is 35.5. The summed E-state index contributed by atoms with van der Waals surface area (Å²) in [7, 11) is 0. The van der Waals surface area contributed by atoms with Gasteiger partial charge in [-0.3, -0.25) is 9.59 Å². The number of hydrogen-bond donors (Lipinski definition) is 1. The maximum Gasteiger partial charge on any atom is 0.325 e. The van der Waals surface area contributed by atoms with Gasteiger partial charge in [-0.25, -0.2) is 0 Å². The van der Waals surface area contributed by atoms with Gasteiger partial charge in [-0.1, -0.05) is 52.5 Å². The van der Waals surface area contributed by atoms with Gasteiger partial charge in [0.05, 0.1) is 10.6 Å². The Labute approximate surface area is 158 Å². The van der Waals surface area contributed by atoms with E-state index in [1.54, 1.807) is 18.2 Å². The lowest BCUT2D eigenvalue weighted by Crippen LogP contribution is -2.30. The van der Waals surface area contributed by atoms with Crippen LogP contribution < -0.4 is 5.32 Å². The summed E-state index contributed by atoms with van der Waals surface area (Å²) < 4.78 is 5.05. The minimum absolute atomic E-state index is 0.0214. The summed E-state index contributed by atoms with van der Waals surface area (Å²) in [5, 5.41) is 3.92. The summed E-state index contributed by atoms with van der Waals surface area (Å²) in [6.45, 7) is -0.324. The van der Waals surface area contributed by atoms with Gasteiger partial charge >= 0.3 is 5.97 Å². The molecule has 0 radical (unpaired) electrons. The van der Waals surface area contributed by atoms with Crippen LogP contribution in [0.2, 0.25) is 20.1 Å². The van der Waals surface area contributed by atoms with Crippen molar-refractivity contribution in [1.82, 2.24) is 5.32 Å². The summed E-state index contributed by atoms with van der Waals surface area (Å²) in [5.41, 5.74) is 0.830. The second-order valence-corrected chi connectivity index (χ2v) is 6.39. The van der Waals surface area contributed by atoms with Crippen molar-refractivity contribution in [3.05, 3.63) is 67.6 Å². The van der Waals surface area contributed by atoms with Crippen molar-refractivity contribution >= 4 is 58.3 Å². The second-order valence-electron chi connectivity index (χ2n) is 4.70. The lowest BCUT2D eigenvalue weighted by atomic mass is 10.2. The van der Waals surface area contributed by atoms with Gasteiger partial charge in [-0.2, -0.15) is 0 Å². The van der Waals surface area contributed by atoms with Crippen LogP contribution >= 0.6 is 46.4 Å². The molecule has 2 aromatic carbocycles. The summed E-state index contributed by atoms with van der Waals surface area (Å²) in [6.07, 6.45) is 0. The number of carbonyl (C=O) groups excluding carboxylic acids is 2. The average Bonchev–Trinajstić information content (AvgIpc) is 2.51. The summed E-state index contributed by atoms with van der Waals surface area (Å²) >= 11 is 23.5. The highest BCUT2D eigenvalue weighted by Gasteiger charge is 2.13. The first-order chi connectivity index (χ1) is 11.4. The zero-order chi connectivity index (χ0) is 17.7. The summed E-state index contributed by atoms with van der Waals surface area (Å²) in [4.78, 5) is 23.7. The fourth-order valence-corrected chi connectivity index (χ4v) is 2.73. The molecule has 0 aromatic heterocycles. The minimum Gasteiger partial charge on any atom is -0.459 e. The summed E-state index contributed by atoms with van der Waals surface area (Å²) in [5.74, 6) is -1.11. The molecule has 0 heterocycles. The molecule has 1 amide bonds. The zero-order valence-corrected chi connectivity index (χ0v) is 15.1. The molecular formula is C16H11Cl4NO3. The normalized spacial score (nSPS) is 10.3. The van der Waals surface area contributed by atoms with Crippen LogP contribution in [0.5, 0.6) is 0 Å². The van der Waals surface area contributed by atoms with Crippen molar-refractivity contribution < 1.29 is 14.3 Å². The predicted octanol–water partition coefficient (Wildman–Crippen LogP) is 4.77. The predicted molar refractivity (Wildman–Crippen MR) is 95.1 cm³/mol. The van der Waals surface area contributed by atoms with Crippen LogP contribution in [0.3, 0.4) is 0 Å². The van der Waals surface area contributed by atoms with Gasteiger partial charge in [-0.15, -0.1) is 0 Å². The SMILES string of the molecule is O=C(CNC(=O)c1ccc(Cl)cc1Cl)OCc1ccc(Cl)cc1Cl. The Bertz CT molecular complexity index is 780. The Morgan fingerprint density at radius 1 is 0.917 bits per heavy atom. The van der Waals surface area contributed by atoms with E-state index in [4.69, 9.17) is 51.1 Å². The highest BCUT2D eigenvalue weighted by molar-refractivity contribution is 6.37. The van der Waals surface area contributed by atoms with E-state index in [1.807, 2.05) is 0 Å². The van der Waals surface area contributed by atoms with Gasteiger partial charge in [0.15, 0.2) is 0 Å². The smallest absolute Gasteiger partial charge is 0.325 e. The number of ether oxygens (including phenoxy) is 1. The molecule has 0 atom stereocenters. The van der Waals surface area contributed by atoms with Gasteiger partial charge in [0, 0.05) is 20.6 Å². The molecule has 126 valence electrons. The van der Waals surface area contributed by atoms with Crippen LogP contribution in [0.15, 0.2) is 36.4 Å². The van der Waals surface area contributed by atoms with E-state index in [2.05, 4.69) is 5.32 Å². The van der Waals surface area contributed by atoms with Gasteiger partial charge in [0.1, 0.15) is 13.2 Å². The molecule has 0 unspecified atom stereocenters. The van der Waals surface area contributed by atoms with Crippen molar-refractivity contribution in [2.24, 2.45) is 0 Å². The van der Waals surface area contributed by atoms with Gasteiger partial charge < -0.3 is 10.1 Å². The minimum atomic E-state index is -0.612. The number of amides is 1. The topological polar surface area (TPSA) is 55.4 Å². The molecule has 2 aromatic rings. The van der Waals surface area contributed by atoms with Crippen LogP contribution in [-0.2, 0) is 16.1 Å². The maximum absolute atomic E-state index is 12.0. The molecular weight excluding hydrogens is 396 g/mol. The Morgan fingerprint density at radius 3 is 2.17 bits per heavy atom. The average molecular weight is 407 g/mol. The van der Waals surface area contributed by atoms with E-state index in [-0.39, 0.29) is 23.7 Å². The molecule has 0 fully saturated rings. The highest BCUT2D eigenvalue weighted by Crippen LogP contribution is 2.22. The first-order valence-corrected chi connectivity index (χ1v) is 8.21. The monoisotopic (exact) mass is 405 g/mol. The van der Waals surface area contributed by atoms with E-state index in [9.17, 15) is 9.59 Å². The lowest BCUT2D eigenvalue weighted by Gasteiger charge is -2.09. The van der Waals surface area contributed by atoms with Crippen molar-refractivity contribution in [2.75, 3.05) is 6.54 Å². The van der Waals surface area contributed by atoms with Crippen molar-refractivity contribution in [3.63, 3.8) is 0 Å². The fourth-order valence-electron chi connectivity index (χ4n) is 1.77. The molecule has 0 spiro atoms. The molecule has 8 heteroatoms. The lowest BCUT2D eigenvalue weighted by molar-refractivity contribution is -0.143. The fraction of sp³-hybridized carbons (Fsp3) is 0.125. The first-order valence-electron chi connectivity index (χ1n) is 6.69. The number of nitrogens with one attached hydrogen (secondary N) is 1. The third kappa shape index (κ3) is 5.28. The van der Waals surface area contributed by atoms with Crippen LogP contribution in [0.4, 0.5) is 0 Å². The van der Waals surface area contributed by atoms with Crippen molar-refractivity contribution in [1.29, 1.82) is 0 Å². The van der Waals surface area contributed by atoms with Gasteiger partial charge in [-0.05, 0) is 30.3 Å². The van der Waals surface area contributed by atoms with Crippen molar-refractivity contribution in [3.8, 4) is 0 Å². The molecule has 0 saturated heterocycles. The number of halogens is 4. The number of hydrogen-bond acceptors (Lipinski definition) is 3. The largest absolute Gasteiger partial charge is 0.459 e. The Hall–Kier alpha value is -1.46. The van der Waals surface area contributed by atoms with Crippen LogP contribution in [0.25, 0.3) is 0 Å². The van der Waals surface area contributed by atoms with Gasteiger partial charge in [0.25, 0.3) is 5.91 Å². The van der Waals surface area contributed by atoms with Crippen molar-refractivity contribution in [2.45, 2.75) is 6.61 Å². The van der Waals surface area contributed by atoms with Gasteiger partial charge in [0.2, 0.25) is 0 Å². The Balaban J connectivity index is 1.85. The van der Waals surface area contributed by atoms with E-state index in [0.29, 0.717) is 20.6 Å². The van der Waals surface area contributed by atoms with Crippen LogP contribution in [0, 0.1) is 0 Å². The first kappa shape index (κ1) is 18.9. The summed E-state index contributed by atoms with van der Waals surface area (Å²) in [6, 6.07) is 9.29. The number of benzene rings is 2. The third-order valence-electron chi connectivity index (χ3n) is 2.97. The van der Waals surface area contributed by atoms with E-state index >= 15 is 0 Å². The Morgan fingerprint density at radius 2 is 1.54 bits per heavy atom. The second kappa shape index (κ2) is 8.58. The molecule has 0 aliphatic carbocycles. The number of rotatable bonds is 5. The molecule has 0 bridgehead atoms. The van der Waals surface area contributed by atoms with E-state index < -0.39 is 11.9 Å². The molecule has 4 nitrogen and oxygen atoms in total. The molecule has 0 aliphatic heterocycles. The van der Waals surface area contributed by atoms with E-state index in [0.717, 1.165) is 0 Å². The standard InChI is InChI=1S/C16H11Cl4NO3/c17-10-2-1-9(13(19)5-10)8-24-15(22)7-21-16(23)12-4-3-11(18)6-14(12)20/h1-6H,7-8H2,(H,21,23). The third-order valence-corrected chi connectivity index (χ3v) is 4.11. The van der Waals surface area contributed by atoms with Crippen LogP contribution in [-0.4, -0.2) is 18.4 Å². The zero-order valence-electron chi connectivity index (χ0n) is 12.1. The maximum atomic E-state index is 12.0. The van der Waals surface area contributed by atoms with Crippen LogP contribution in [0.1, 0.15) is 15.9 Å². The Kier molecular flexibility index (Phi) is 6.75. The number of carbonyl (C=O) groups is 2. The quantitative estimate of drug-likeness (QED) is 0.727.